The number of carbonyl (C=O) groups is 1. The van der Waals surface area contributed by atoms with E-state index in [4.69, 9.17) is 4.74 Å². The number of aromatic nitrogens is 1. The van der Waals surface area contributed by atoms with Gasteiger partial charge in [-0.15, -0.1) is 0 Å². The van der Waals surface area contributed by atoms with Gasteiger partial charge in [-0.1, -0.05) is 12.1 Å². The highest BCUT2D eigenvalue weighted by atomic mass is 16.5. The molecule has 0 saturated heterocycles. The van der Waals surface area contributed by atoms with Gasteiger partial charge < -0.3 is 14.2 Å². The normalized spacial score (nSPS) is 10.8. The van der Waals surface area contributed by atoms with Gasteiger partial charge >= 0.3 is 5.97 Å². The molecule has 1 N–H and O–H groups in total. The Kier molecular flexibility index (Phi) is 3.14. The minimum absolute atomic E-state index is 0.323. The number of hydrogen-bond acceptors (Lipinski definition) is 2. The Bertz CT molecular complexity index is 833. The largest absolute Gasteiger partial charge is 0.497 e. The molecule has 4 nitrogen and oxygen atoms in total. The summed E-state index contributed by atoms with van der Waals surface area (Å²) in [7, 11) is 1.61. The van der Waals surface area contributed by atoms with E-state index in [-0.39, 0.29) is 0 Å². The second-order valence-corrected chi connectivity index (χ2v) is 4.90. The van der Waals surface area contributed by atoms with Gasteiger partial charge in [0, 0.05) is 18.0 Å². The van der Waals surface area contributed by atoms with Crippen LogP contribution in [0.3, 0.4) is 0 Å². The van der Waals surface area contributed by atoms with Crippen LogP contribution in [0.15, 0.2) is 48.8 Å². The number of methoxy groups -OCH3 is 1. The predicted molar refractivity (Wildman–Crippen MR) is 81.1 cm³/mol. The van der Waals surface area contributed by atoms with Crippen LogP contribution in [-0.4, -0.2) is 22.6 Å². The van der Waals surface area contributed by atoms with Crippen molar-refractivity contribution in [2.75, 3.05) is 7.11 Å². The quantitative estimate of drug-likeness (QED) is 0.797. The van der Waals surface area contributed by atoms with Crippen LogP contribution in [0.1, 0.15) is 15.9 Å². The lowest BCUT2D eigenvalue weighted by molar-refractivity contribution is 0.0700. The van der Waals surface area contributed by atoms with Crippen LogP contribution in [0.25, 0.3) is 16.6 Å². The van der Waals surface area contributed by atoms with Crippen LogP contribution in [0, 0.1) is 6.92 Å². The smallest absolute Gasteiger partial charge is 0.338 e. The Hall–Kier alpha value is -2.75. The van der Waals surface area contributed by atoms with Gasteiger partial charge in [0.2, 0.25) is 0 Å². The van der Waals surface area contributed by atoms with Crippen molar-refractivity contribution >= 4 is 11.5 Å². The maximum absolute atomic E-state index is 11.7. The van der Waals surface area contributed by atoms with Gasteiger partial charge in [-0.25, -0.2) is 4.79 Å². The zero-order valence-corrected chi connectivity index (χ0v) is 11.8. The number of carboxylic acids is 1. The highest BCUT2D eigenvalue weighted by molar-refractivity contribution is 6.04. The Morgan fingerprint density at radius 3 is 2.67 bits per heavy atom. The van der Waals surface area contributed by atoms with Crippen molar-refractivity contribution in [3.05, 3.63) is 59.9 Å². The van der Waals surface area contributed by atoms with Crippen molar-refractivity contribution in [2.45, 2.75) is 6.92 Å². The lowest BCUT2D eigenvalue weighted by Gasteiger charge is -2.07. The molecular weight excluding hydrogens is 266 g/mol. The van der Waals surface area contributed by atoms with Gasteiger partial charge in [-0.2, -0.15) is 0 Å². The molecule has 0 fully saturated rings. The van der Waals surface area contributed by atoms with E-state index in [0.717, 1.165) is 16.9 Å². The number of rotatable bonds is 3. The zero-order chi connectivity index (χ0) is 15.0. The maximum Gasteiger partial charge on any atom is 0.338 e. The number of carboxylic acid groups (broad SMARTS) is 1. The molecule has 3 rings (SSSR count). The zero-order valence-electron chi connectivity index (χ0n) is 11.8. The first-order valence-corrected chi connectivity index (χ1v) is 6.60. The van der Waals surface area contributed by atoms with E-state index in [9.17, 15) is 9.90 Å². The minimum Gasteiger partial charge on any atom is -0.497 e. The highest BCUT2D eigenvalue weighted by Gasteiger charge is 2.19. The summed E-state index contributed by atoms with van der Waals surface area (Å²) in [5.41, 5.74) is 3.61. The van der Waals surface area contributed by atoms with E-state index in [1.807, 2.05) is 60.1 Å². The standard InChI is InChI=1S/C17H15NO3/c1-11-9-12(21-2)6-7-13(11)14-10-18-8-4-3-5-15(18)16(14)17(19)20/h3-10H,1-2H3,(H,19,20). The summed E-state index contributed by atoms with van der Waals surface area (Å²) >= 11 is 0. The molecule has 0 spiro atoms. The maximum atomic E-state index is 11.7. The van der Waals surface area contributed by atoms with Crippen LogP contribution in [0.2, 0.25) is 0 Å². The number of benzene rings is 1. The van der Waals surface area contributed by atoms with Gasteiger partial charge in [0.15, 0.2) is 0 Å². The summed E-state index contributed by atoms with van der Waals surface area (Å²) in [6, 6.07) is 11.2. The third-order valence-corrected chi connectivity index (χ3v) is 3.62. The minimum atomic E-state index is -0.922. The fraction of sp³-hybridized carbons (Fsp3) is 0.118. The van der Waals surface area contributed by atoms with Crippen molar-refractivity contribution in [1.29, 1.82) is 0 Å². The van der Waals surface area contributed by atoms with Crippen molar-refractivity contribution in [2.24, 2.45) is 0 Å². The van der Waals surface area contributed by atoms with Crippen LogP contribution < -0.4 is 4.74 Å². The fourth-order valence-corrected chi connectivity index (χ4v) is 2.62. The SMILES string of the molecule is COc1ccc(-c2cn3ccccc3c2C(=O)O)c(C)c1. The summed E-state index contributed by atoms with van der Waals surface area (Å²) in [4.78, 5) is 11.7. The van der Waals surface area contributed by atoms with Gasteiger partial charge in [-0.05, 0) is 42.3 Å². The van der Waals surface area contributed by atoms with Crippen LogP contribution in [0.4, 0.5) is 0 Å². The fourth-order valence-electron chi connectivity index (χ4n) is 2.62. The van der Waals surface area contributed by atoms with Gasteiger partial charge in [-0.3, -0.25) is 0 Å². The number of pyridine rings is 1. The Labute approximate surface area is 122 Å². The number of nitrogens with zero attached hydrogens (tertiary/aromatic N) is 1. The van der Waals surface area contributed by atoms with Gasteiger partial charge in [0.05, 0.1) is 18.2 Å². The van der Waals surface area contributed by atoms with Crippen molar-refractivity contribution in [3.8, 4) is 16.9 Å². The van der Waals surface area contributed by atoms with E-state index in [1.165, 1.54) is 0 Å². The molecule has 0 radical (unpaired) electrons. The van der Waals surface area contributed by atoms with Crippen molar-refractivity contribution in [1.82, 2.24) is 4.40 Å². The first kappa shape index (κ1) is 13.2. The third-order valence-electron chi connectivity index (χ3n) is 3.62. The van der Waals surface area contributed by atoms with Crippen LogP contribution in [-0.2, 0) is 0 Å². The molecule has 0 atom stereocenters. The van der Waals surface area contributed by atoms with Gasteiger partial charge in [0.1, 0.15) is 5.75 Å². The van der Waals surface area contributed by atoms with Gasteiger partial charge in [0.25, 0.3) is 0 Å². The van der Waals surface area contributed by atoms with E-state index < -0.39 is 5.97 Å². The number of fused-ring (bicyclic) bond motifs is 1. The average Bonchev–Trinajstić information content (AvgIpc) is 2.86. The average molecular weight is 281 g/mol. The molecule has 21 heavy (non-hydrogen) atoms. The lowest BCUT2D eigenvalue weighted by Crippen LogP contribution is -1.98. The molecule has 1 aromatic carbocycles. The molecule has 0 bridgehead atoms. The summed E-state index contributed by atoms with van der Waals surface area (Å²) < 4.78 is 7.04. The number of hydrogen-bond donors (Lipinski definition) is 1. The molecule has 0 aliphatic carbocycles. The van der Waals surface area contributed by atoms with Crippen molar-refractivity contribution < 1.29 is 14.6 Å². The molecule has 2 heterocycles. The molecule has 0 amide bonds. The molecule has 2 aromatic heterocycles. The van der Waals surface area contributed by atoms with E-state index >= 15 is 0 Å². The molecule has 3 aromatic rings. The molecule has 0 aliphatic heterocycles. The summed E-state index contributed by atoms with van der Waals surface area (Å²) in [6.07, 6.45) is 3.71. The number of aryl methyl sites for hydroxylation is 1. The third kappa shape index (κ3) is 2.14. The number of aromatic carboxylic acids is 1. The first-order valence-electron chi connectivity index (χ1n) is 6.60. The van der Waals surface area contributed by atoms with E-state index in [1.54, 1.807) is 7.11 Å². The second kappa shape index (κ2) is 4.98. The summed E-state index contributed by atoms with van der Waals surface area (Å²) in [5.74, 6) is -0.161. The predicted octanol–water partition coefficient (Wildman–Crippen LogP) is 3.62. The second-order valence-electron chi connectivity index (χ2n) is 4.90. The molecule has 0 aliphatic rings. The summed E-state index contributed by atoms with van der Waals surface area (Å²) in [5, 5.41) is 9.57. The molecule has 0 unspecified atom stereocenters. The Morgan fingerprint density at radius 1 is 1.19 bits per heavy atom. The monoisotopic (exact) mass is 281 g/mol. The Balaban J connectivity index is 2.29. The first-order chi connectivity index (χ1) is 10.1. The molecule has 106 valence electrons. The molecular formula is C17H15NO3. The molecule has 4 heteroatoms. The van der Waals surface area contributed by atoms with E-state index in [2.05, 4.69) is 0 Å². The van der Waals surface area contributed by atoms with E-state index in [0.29, 0.717) is 16.6 Å². The highest BCUT2D eigenvalue weighted by Crippen LogP contribution is 2.32. The lowest BCUT2D eigenvalue weighted by atomic mass is 9.99. The van der Waals surface area contributed by atoms with Crippen LogP contribution >= 0.6 is 0 Å². The molecule has 0 saturated carbocycles. The number of ether oxygens (including phenoxy) is 1. The summed E-state index contributed by atoms with van der Waals surface area (Å²) in [6.45, 7) is 1.95. The topological polar surface area (TPSA) is 50.9 Å². The van der Waals surface area contributed by atoms with Crippen molar-refractivity contribution in [3.63, 3.8) is 0 Å². The van der Waals surface area contributed by atoms with Crippen LogP contribution in [0.5, 0.6) is 5.75 Å². The Morgan fingerprint density at radius 2 is 2.00 bits per heavy atom.